The topological polar surface area (TPSA) is 156 Å². The third-order valence-electron chi connectivity index (χ3n) is 7.08. The van der Waals surface area contributed by atoms with Gasteiger partial charge in [-0.25, -0.2) is 0 Å². The molecular weight excluding hydrogens is 516 g/mol. The van der Waals surface area contributed by atoms with Gasteiger partial charge >= 0.3 is 0 Å². The van der Waals surface area contributed by atoms with E-state index in [2.05, 4.69) is 14.7 Å². The Morgan fingerprint density at radius 3 is 2.62 bits per heavy atom. The summed E-state index contributed by atoms with van der Waals surface area (Å²) in [6, 6.07) is 13.4. The van der Waals surface area contributed by atoms with Crippen LogP contribution in [0.2, 0.25) is 0 Å². The zero-order chi connectivity index (χ0) is 27.5. The smallest absolute Gasteiger partial charge is 0.273 e. The highest BCUT2D eigenvalue weighted by Gasteiger charge is 2.38. The van der Waals surface area contributed by atoms with Gasteiger partial charge in [0, 0.05) is 40.5 Å². The van der Waals surface area contributed by atoms with Crippen LogP contribution in [0.4, 0.5) is 11.4 Å². The summed E-state index contributed by atoms with van der Waals surface area (Å²) in [6.45, 7) is 0. The van der Waals surface area contributed by atoms with Crippen molar-refractivity contribution in [2.24, 2.45) is 5.73 Å². The zero-order valence-corrected chi connectivity index (χ0v) is 22.3. The molecule has 1 saturated carbocycles. The standard InChI is InChI=1S/C28H30N6O4S/c1-38-18-11-7-10-17(14-18)34(28(37)25-22(29)23(26(30)35)33-39-25)24(27(36)32-16-8-3-2-4-9-16)20-15-31-21-13-6-5-12-19(20)21/h5-7,10-16,24,31H,2-4,8-9,29H2,1H3,(H2,30,35)(H,32,36)/t24-/m1/s1. The third kappa shape index (κ3) is 5.17. The lowest BCUT2D eigenvalue weighted by atomic mass is 9.94. The molecule has 4 aromatic rings. The van der Waals surface area contributed by atoms with E-state index in [1.807, 2.05) is 24.3 Å². The normalized spacial score (nSPS) is 14.6. The molecule has 39 heavy (non-hydrogen) atoms. The lowest BCUT2D eigenvalue weighted by Crippen LogP contribution is -2.47. The van der Waals surface area contributed by atoms with Crippen LogP contribution in [-0.2, 0) is 4.79 Å². The summed E-state index contributed by atoms with van der Waals surface area (Å²) < 4.78 is 9.45. The second kappa shape index (κ2) is 11.2. The van der Waals surface area contributed by atoms with Gasteiger partial charge in [-0.2, -0.15) is 4.37 Å². The van der Waals surface area contributed by atoms with Crippen LogP contribution in [0.15, 0.2) is 54.7 Å². The molecule has 1 aliphatic carbocycles. The van der Waals surface area contributed by atoms with Crippen molar-refractivity contribution in [1.29, 1.82) is 0 Å². The molecule has 10 nitrogen and oxygen atoms in total. The van der Waals surface area contributed by atoms with Crippen molar-refractivity contribution in [2.75, 3.05) is 17.7 Å². The number of methoxy groups -OCH3 is 1. The number of para-hydroxylation sites is 1. The van der Waals surface area contributed by atoms with E-state index in [1.54, 1.807) is 30.5 Å². The molecule has 0 spiro atoms. The first-order chi connectivity index (χ1) is 18.9. The average Bonchev–Trinajstić information content (AvgIpc) is 3.55. The molecule has 11 heteroatoms. The van der Waals surface area contributed by atoms with Crippen LogP contribution in [0.1, 0.15) is 63.9 Å². The SMILES string of the molecule is COc1cccc(N(C(=O)c2snc(C(N)=O)c2N)[C@@H](C(=O)NC2CCCCC2)c2c[nH]c3ccccc23)c1. The highest BCUT2D eigenvalue weighted by molar-refractivity contribution is 7.09. The Balaban J connectivity index is 1.68. The first kappa shape index (κ1) is 26.2. The van der Waals surface area contributed by atoms with Gasteiger partial charge in [-0.3, -0.25) is 19.3 Å². The lowest BCUT2D eigenvalue weighted by molar-refractivity contribution is -0.123. The lowest BCUT2D eigenvalue weighted by Gasteiger charge is -2.33. The Kier molecular flexibility index (Phi) is 7.51. The summed E-state index contributed by atoms with van der Waals surface area (Å²) in [5, 5.41) is 4.00. The fourth-order valence-corrected chi connectivity index (χ4v) is 5.87. The van der Waals surface area contributed by atoms with Crippen LogP contribution in [-0.4, -0.2) is 40.2 Å². The Morgan fingerprint density at radius 1 is 1.13 bits per heavy atom. The van der Waals surface area contributed by atoms with Crippen molar-refractivity contribution in [3.63, 3.8) is 0 Å². The molecule has 2 aromatic carbocycles. The fraction of sp³-hybridized carbons (Fsp3) is 0.286. The average molecular weight is 547 g/mol. The number of nitrogens with one attached hydrogen (secondary N) is 2. The van der Waals surface area contributed by atoms with E-state index in [4.69, 9.17) is 16.2 Å². The van der Waals surface area contributed by atoms with Crippen molar-refractivity contribution in [2.45, 2.75) is 44.2 Å². The van der Waals surface area contributed by atoms with Gasteiger partial charge in [0.25, 0.3) is 11.8 Å². The molecule has 1 atom stereocenters. The van der Waals surface area contributed by atoms with Gasteiger partial charge in [-0.1, -0.05) is 43.5 Å². The predicted octanol–water partition coefficient (Wildman–Crippen LogP) is 4.15. The minimum atomic E-state index is -1.07. The minimum absolute atomic E-state index is 0.0103. The number of fused-ring (bicyclic) bond motifs is 1. The third-order valence-corrected chi connectivity index (χ3v) is 7.93. The number of benzene rings is 2. The number of nitrogens with two attached hydrogens (primary N) is 2. The first-order valence-corrected chi connectivity index (χ1v) is 13.5. The van der Waals surface area contributed by atoms with E-state index in [0.29, 0.717) is 17.0 Å². The molecule has 5 rings (SSSR count). The fourth-order valence-electron chi connectivity index (χ4n) is 5.13. The second-order valence-electron chi connectivity index (χ2n) is 9.55. The molecule has 3 amide bonds. The maximum absolute atomic E-state index is 14.3. The van der Waals surface area contributed by atoms with Gasteiger partial charge in [0.15, 0.2) is 5.69 Å². The Labute approximate surface area is 229 Å². The van der Waals surface area contributed by atoms with Crippen molar-refractivity contribution >= 4 is 51.5 Å². The van der Waals surface area contributed by atoms with E-state index in [-0.39, 0.29) is 28.2 Å². The first-order valence-electron chi connectivity index (χ1n) is 12.8. The molecule has 1 fully saturated rings. The maximum Gasteiger partial charge on any atom is 0.273 e. The molecule has 0 saturated heterocycles. The van der Waals surface area contributed by atoms with Crippen LogP contribution < -0.4 is 26.4 Å². The van der Waals surface area contributed by atoms with E-state index in [9.17, 15) is 14.4 Å². The number of hydrogen-bond donors (Lipinski definition) is 4. The number of carbonyl (C=O) groups excluding carboxylic acids is 3. The molecule has 0 radical (unpaired) electrons. The molecule has 202 valence electrons. The van der Waals surface area contributed by atoms with E-state index in [1.165, 1.54) is 12.0 Å². The number of nitrogens with zero attached hydrogens (tertiary/aromatic N) is 2. The van der Waals surface area contributed by atoms with Gasteiger partial charge in [0.2, 0.25) is 5.91 Å². The van der Waals surface area contributed by atoms with E-state index < -0.39 is 17.9 Å². The van der Waals surface area contributed by atoms with E-state index in [0.717, 1.165) is 54.5 Å². The molecule has 0 aliphatic heterocycles. The van der Waals surface area contributed by atoms with Crippen LogP contribution in [0.5, 0.6) is 5.75 Å². The number of amides is 3. The van der Waals surface area contributed by atoms with Gasteiger partial charge in [0.1, 0.15) is 16.7 Å². The number of anilines is 2. The minimum Gasteiger partial charge on any atom is -0.497 e. The molecule has 2 aromatic heterocycles. The number of carbonyl (C=O) groups is 3. The summed E-state index contributed by atoms with van der Waals surface area (Å²) >= 11 is 0.773. The van der Waals surface area contributed by atoms with Crippen LogP contribution in [0, 0.1) is 0 Å². The number of aromatic amines is 1. The monoisotopic (exact) mass is 546 g/mol. The highest BCUT2D eigenvalue weighted by atomic mass is 32.1. The summed E-state index contributed by atoms with van der Waals surface area (Å²) in [5.74, 6) is -1.23. The number of aromatic nitrogens is 2. The van der Waals surface area contributed by atoms with Crippen LogP contribution in [0.25, 0.3) is 10.9 Å². The number of H-pyrrole nitrogens is 1. The van der Waals surface area contributed by atoms with Crippen molar-refractivity contribution in [3.05, 3.63) is 70.9 Å². The quantitative estimate of drug-likeness (QED) is 0.260. The largest absolute Gasteiger partial charge is 0.497 e. The molecule has 6 N–H and O–H groups in total. The Bertz CT molecular complexity index is 1520. The van der Waals surface area contributed by atoms with Gasteiger partial charge in [-0.05, 0) is 42.6 Å². The maximum atomic E-state index is 14.3. The molecule has 0 unspecified atom stereocenters. The Morgan fingerprint density at radius 2 is 1.90 bits per heavy atom. The summed E-state index contributed by atoms with van der Waals surface area (Å²) in [5.41, 5.74) is 13.2. The van der Waals surface area contributed by atoms with Crippen molar-refractivity contribution in [1.82, 2.24) is 14.7 Å². The van der Waals surface area contributed by atoms with Crippen molar-refractivity contribution < 1.29 is 19.1 Å². The Hall–Kier alpha value is -4.38. The molecule has 1 aliphatic rings. The van der Waals surface area contributed by atoms with Crippen LogP contribution in [0.3, 0.4) is 0 Å². The number of hydrogen-bond acceptors (Lipinski definition) is 7. The number of nitrogen functional groups attached to an aromatic ring is 1. The van der Waals surface area contributed by atoms with Gasteiger partial charge in [0.05, 0.1) is 12.8 Å². The second-order valence-corrected chi connectivity index (χ2v) is 10.3. The van der Waals surface area contributed by atoms with E-state index >= 15 is 0 Å². The summed E-state index contributed by atoms with van der Waals surface area (Å²) in [6.07, 6.45) is 6.72. The van der Waals surface area contributed by atoms with Crippen LogP contribution >= 0.6 is 11.5 Å². The number of primary amides is 1. The predicted molar refractivity (Wildman–Crippen MR) is 151 cm³/mol. The van der Waals surface area contributed by atoms with Gasteiger partial charge in [-0.15, -0.1) is 0 Å². The van der Waals surface area contributed by atoms with Crippen molar-refractivity contribution in [3.8, 4) is 5.75 Å². The molecular formula is C28H30N6O4S. The number of ether oxygens (including phenoxy) is 1. The summed E-state index contributed by atoms with van der Waals surface area (Å²) in [7, 11) is 1.53. The molecule has 0 bridgehead atoms. The zero-order valence-electron chi connectivity index (χ0n) is 21.5. The van der Waals surface area contributed by atoms with Gasteiger partial charge < -0.3 is 26.5 Å². The molecule has 2 heterocycles. The summed E-state index contributed by atoms with van der Waals surface area (Å²) in [4.78, 5) is 45.0. The highest BCUT2D eigenvalue weighted by Crippen LogP contribution is 2.37. The number of rotatable bonds is 8.